The SMILES string of the molecule is CC(C)C1CCN(c2cc(CO)ccn2)CC1. The zero-order valence-electron chi connectivity index (χ0n) is 10.8. The topological polar surface area (TPSA) is 36.4 Å². The van der Waals surface area contributed by atoms with Crippen molar-refractivity contribution in [2.24, 2.45) is 11.8 Å². The molecular formula is C14H22N2O. The number of hydrogen-bond acceptors (Lipinski definition) is 3. The molecule has 17 heavy (non-hydrogen) atoms. The van der Waals surface area contributed by atoms with Crippen molar-refractivity contribution in [3.8, 4) is 0 Å². The zero-order chi connectivity index (χ0) is 12.3. The smallest absolute Gasteiger partial charge is 0.128 e. The molecule has 1 N–H and O–H groups in total. The minimum Gasteiger partial charge on any atom is -0.392 e. The van der Waals surface area contributed by atoms with Gasteiger partial charge in [-0.1, -0.05) is 13.8 Å². The van der Waals surface area contributed by atoms with Gasteiger partial charge >= 0.3 is 0 Å². The highest BCUT2D eigenvalue weighted by Gasteiger charge is 2.22. The average Bonchev–Trinajstić information content (AvgIpc) is 2.39. The lowest BCUT2D eigenvalue weighted by atomic mass is 9.87. The summed E-state index contributed by atoms with van der Waals surface area (Å²) in [6.45, 7) is 6.89. The summed E-state index contributed by atoms with van der Waals surface area (Å²) in [7, 11) is 0. The van der Waals surface area contributed by atoms with Crippen molar-refractivity contribution in [2.75, 3.05) is 18.0 Å². The van der Waals surface area contributed by atoms with E-state index in [-0.39, 0.29) is 6.61 Å². The Morgan fingerprint density at radius 3 is 2.71 bits per heavy atom. The molecule has 1 aromatic rings. The molecule has 0 spiro atoms. The van der Waals surface area contributed by atoms with E-state index in [0.29, 0.717) is 0 Å². The van der Waals surface area contributed by atoms with Gasteiger partial charge in [0.2, 0.25) is 0 Å². The Morgan fingerprint density at radius 2 is 2.12 bits per heavy atom. The summed E-state index contributed by atoms with van der Waals surface area (Å²) < 4.78 is 0. The van der Waals surface area contributed by atoms with Crippen LogP contribution in [0, 0.1) is 11.8 Å². The quantitative estimate of drug-likeness (QED) is 0.872. The minimum absolute atomic E-state index is 0.0952. The van der Waals surface area contributed by atoms with Crippen molar-refractivity contribution in [2.45, 2.75) is 33.3 Å². The van der Waals surface area contributed by atoms with Crippen molar-refractivity contribution < 1.29 is 5.11 Å². The van der Waals surface area contributed by atoms with Crippen LogP contribution in [0.3, 0.4) is 0 Å². The van der Waals surface area contributed by atoms with Crippen LogP contribution in [0.2, 0.25) is 0 Å². The first-order valence-electron chi connectivity index (χ1n) is 6.51. The summed E-state index contributed by atoms with van der Waals surface area (Å²) in [6.07, 6.45) is 4.29. The fraction of sp³-hybridized carbons (Fsp3) is 0.643. The van der Waals surface area contributed by atoms with Gasteiger partial charge in [-0.25, -0.2) is 4.98 Å². The lowest BCUT2D eigenvalue weighted by Crippen LogP contribution is -2.35. The molecule has 0 bridgehead atoms. The van der Waals surface area contributed by atoms with Crippen LogP contribution in [0.5, 0.6) is 0 Å². The predicted octanol–water partition coefficient (Wildman–Crippen LogP) is 2.45. The lowest BCUT2D eigenvalue weighted by molar-refractivity contribution is 0.281. The van der Waals surface area contributed by atoms with Crippen LogP contribution in [0.15, 0.2) is 18.3 Å². The van der Waals surface area contributed by atoms with Gasteiger partial charge < -0.3 is 10.0 Å². The maximum Gasteiger partial charge on any atom is 0.128 e. The van der Waals surface area contributed by atoms with Crippen LogP contribution >= 0.6 is 0 Å². The highest BCUT2D eigenvalue weighted by molar-refractivity contribution is 5.41. The third-order valence-corrected chi connectivity index (χ3v) is 3.80. The number of anilines is 1. The van der Waals surface area contributed by atoms with Crippen LogP contribution in [-0.4, -0.2) is 23.2 Å². The van der Waals surface area contributed by atoms with Gasteiger partial charge in [0, 0.05) is 19.3 Å². The van der Waals surface area contributed by atoms with Crippen LogP contribution in [-0.2, 0) is 6.61 Å². The van der Waals surface area contributed by atoms with E-state index in [0.717, 1.165) is 36.3 Å². The number of aliphatic hydroxyl groups is 1. The summed E-state index contributed by atoms with van der Waals surface area (Å²) in [6, 6.07) is 3.86. The first-order valence-corrected chi connectivity index (χ1v) is 6.51. The number of pyridine rings is 1. The van der Waals surface area contributed by atoms with Gasteiger partial charge in [0.05, 0.1) is 6.61 Å². The van der Waals surface area contributed by atoms with E-state index in [2.05, 4.69) is 23.7 Å². The van der Waals surface area contributed by atoms with E-state index in [9.17, 15) is 0 Å². The molecule has 1 aromatic heterocycles. The molecule has 0 amide bonds. The Bertz CT molecular complexity index is 357. The fourth-order valence-electron chi connectivity index (χ4n) is 2.53. The van der Waals surface area contributed by atoms with Crippen molar-refractivity contribution in [1.29, 1.82) is 0 Å². The average molecular weight is 234 g/mol. The van der Waals surface area contributed by atoms with Crippen LogP contribution in [0.25, 0.3) is 0 Å². The van der Waals surface area contributed by atoms with E-state index in [1.807, 2.05) is 12.1 Å². The molecule has 2 heterocycles. The Labute approximate surface area is 103 Å². The van der Waals surface area contributed by atoms with Gasteiger partial charge in [0.1, 0.15) is 5.82 Å². The van der Waals surface area contributed by atoms with E-state index < -0.39 is 0 Å². The first-order chi connectivity index (χ1) is 8.20. The molecule has 0 atom stereocenters. The van der Waals surface area contributed by atoms with E-state index >= 15 is 0 Å². The summed E-state index contributed by atoms with van der Waals surface area (Å²) in [5.74, 6) is 2.65. The van der Waals surface area contributed by atoms with Crippen molar-refractivity contribution in [3.05, 3.63) is 23.9 Å². The normalized spacial score (nSPS) is 17.8. The van der Waals surface area contributed by atoms with Gasteiger partial charge in [0.15, 0.2) is 0 Å². The van der Waals surface area contributed by atoms with Crippen LogP contribution in [0.1, 0.15) is 32.3 Å². The highest BCUT2D eigenvalue weighted by Crippen LogP contribution is 2.27. The molecule has 3 heteroatoms. The third-order valence-electron chi connectivity index (χ3n) is 3.80. The molecule has 1 saturated heterocycles. The molecule has 94 valence electrons. The molecular weight excluding hydrogens is 212 g/mol. The van der Waals surface area contributed by atoms with Crippen molar-refractivity contribution >= 4 is 5.82 Å². The summed E-state index contributed by atoms with van der Waals surface area (Å²) in [5.41, 5.74) is 0.945. The maximum absolute atomic E-state index is 9.13. The molecule has 1 aliphatic rings. The monoisotopic (exact) mass is 234 g/mol. The van der Waals surface area contributed by atoms with Gasteiger partial charge in [-0.15, -0.1) is 0 Å². The summed E-state index contributed by atoms with van der Waals surface area (Å²) >= 11 is 0. The van der Waals surface area contributed by atoms with Gasteiger partial charge in [-0.05, 0) is 42.4 Å². The Kier molecular flexibility index (Phi) is 4.00. The zero-order valence-corrected chi connectivity index (χ0v) is 10.8. The van der Waals surface area contributed by atoms with Gasteiger partial charge in [-0.3, -0.25) is 0 Å². The first kappa shape index (κ1) is 12.4. The molecule has 1 aliphatic heterocycles. The van der Waals surface area contributed by atoms with E-state index in [4.69, 9.17) is 5.11 Å². The number of aliphatic hydroxyl groups excluding tert-OH is 1. The second-order valence-electron chi connectivity index (χ2n) is 5.25. The minimum atomic E-state index is 0.0952. The van der Waals surface area contributed by atoms with Crippen molar-refractivity contribution in [1.82, 2.24) is 4.98 Å². The number of piperidine rings is 1. The Morgan fingerprint density at radius 1 is 1.41 bits per heavy atom. The molecule has 0 aliphatic carbocycles. The van der Waals surface area contributed by atoms with E-state index in [1.165, 1.54) is 12.8 Å². The van der Waals surface area contributed by atoms with Gasteiger partial charge in [0.25, 0.3) is 0 Å². The molecule has 3 nitrogen and oxygen atoms in total. The van der Waals surface area contributed by atoms with Crippen LogP contribution < -0.4 is 4.90 Å². The second-order valence-corrected chi connectivity index (χ2v) is 5.25. The molecule has 0 aromatic carbocycles. The standard InChI is InChI=1S/C14H22N2O/c1-11(2)13-4-7-16(8-5-13)14-9-12(10-17)3-6-15-14/h3,6,9,11,13,17H,4-5,7-8,10H2,1-2H3. The number of nitrogens with zero attached hydrogens (tertiary/aromatic N) is 2. The van der Waals surface area contributed by atoms with Crippen LogP contribution in [0.4, 0.5) is 5.82 Å². The van der Waals surface area contributed by atoms with Crippen molar-refractivity contribution in [3.63, 3.8) is 0 Å². The number of rotatable bonds is 3. The largest absolute Gasteiger partial charge is 0.392 e. The molecule has 1 fully saturated rings. The predicted molar refractivity (Wildman–Crippen MR) is 69.9 cm³/mol. The summed E-state index contributed by atoms with van der Waals surface area (Å²) in [5, 5.41) is 9.13. The van der Waals surface area contributed by atoms with E-state index in [1.54, 1.807) is 6.20 Å². The Balaban J connectivity index is 2.00. The molecule has 0 radical (unpaired) electrons. The molecule has 0 unspecified atom stereocenters. The molecule has 2 rings (SSSR count). The molecule has 0 saturated carbocycles. The number of aromatic nitrogens is 1. The highest BCUT2D eigenvalue weighted by atomic mass is 16.3. The fourth-order valence-corrected chi connectivity index (χ4v) is 2.53. The maximum atomic E-state index is 9.13. The summed E-state index contributed by atoms with van der Waals surface area (Å²) in [4.78, 5) is 6.73. The third kappa shape index (κ3) is 2.97. The second kappa shape index (κ2) is 5.50. The van der Waals surface area contributed by atoms with Gasteiger partial charge in [-0.2, -0.15) is 0 Å². The number of hydrogen-bond donors (Lipinski definition) is 1. The lowest BCUT2D eigenvalue weighted by Gasteiger charge is -2.34. The Hall–Kier alpha value is -1.09.